The van der Waals surface area contributed by atoms with Gasteiger partial charge < -0.3 is 0 Å². The molecule has 0 aliphatic carbocycles. The van der Waals surface area contributed by atoms with Crippen LogP contribution in [0, 0.1) is 11.6 Å². The van der Waals surface area contributed by atoms with Crippen LogP contribution in [-0.4, -0.2) is 47.3 Å². The lowest BCUT2D eigenvalue weighted by atomic mass is 10.1. The van der Waals surface area contributed by atoms with Crippen LogP contribution in [0.2, 0.25) is 0 Å². The van der Waals surface area contributed by atoms with Gasteiger partial charge in [0.05, 0.1) is 11.4 Å². The van der Waals surface area contributed by atoms with Gasteiger partial charge in [-0.3, -0.25) is 4.31 Å². The molecule has 1 saturated heterocycles. The van der Waals surface area contributed by atoms with Gasteiger partial charge in [-0.15, -0.1) is 0 Å². The van der Waals surface area contributed by atoms with E-state index in [-0.39, 0.29) is 25.9 Å². The van der Waals surface area contributed by atoms with E-state index in [4.69, 9.17) is 0 Å². The van der Waals surface area contributed by atoms with Gasteiger partial charge in [0, 0.05) is 26.2 Å². The lowest BCUT2D eigenvalue weighted by molar-refractivity contribution is 0.318. The van der Waals surface area contributed by atoms with Crippen molar-refractivity contribution in [2.75, 3.05) is 28.7 Å². The number of benzene rings is 2. The highest BCUT2D eigenvalue weighted by Crippen LogP contribution is 2.42. The van der Waals surface area contributed by atoms with Crippen molar-refractivity contribution in [3.05, 3.63) is 54.1 Å². The highest BCUT2D eigenvalue weighted by atomic mass is 32.2. The van der Waals surface area contributed by atoms with Crippen LogP contribution >= 0.6 is 0 Å². The summed E-state index contributed by atoms with van der Waals surface area (Å²) in [4.78, 5) is -0.975. The summed E-state index contributed by atoms with van der Waals surface area (Å²) < 4.78 is 82.7. The normalized spacial score (nSPS) is 20.1. The second kappa shape index (κ2) is 6.92. The molecular formula is C18H19F2N3O4S2. The summed E-state index contributed by atoms with van der Waals surface area (Å²) in [6.07, 6.45) is 0.410. The summed E-state index contributed by atoms with van der Waals surface area (Å²) in [5.41, 5.74) is 1.09. The minimum Gasteiger partial charge on any atom is -0.254 e. The molecule has 0 spiro atoms. The second-order valence-corrected chi connectivity index (χ2v) is 10.7. The minimum absolute atomic E-state index is 0.0430. The topological polar surface area (TPSA) is 78.0 Å². The fraction of sp³-hybridized carbons (Fsp3) is 0.333. The first kappa shape index (κ1) is 20.0. The van der Waals surface area contributed by atoms with Gasteiger partial charge in [-0.25, -0.2) is 21.5 Å². The molecule has 2 heterocycles. The monoisotopic (exact) mass is 443 g/mol. The number of sulfonamides is 1. The lowest BCUT2D eigenvalue weighted by Gasteiger charge is -2.36. The maximum atomic E-state index is 14.0. The third kappa shape index (κ3) is 3.08. The van der Waals surface area contributed by atoms with Crippen LogP contribution in [-0.2, 0) is 20.2 Å². The summed E-state index contributed by atoms with van der Waals surface area (Å²) in [6.45, 7) is -0.0860. The van der Waals surface area contributed by atoms with Crippen molar-refractivity contribution in [1.82, 2.24) is 4.31 Å². The summed E-state index contributed by atoms with van der Waals surface area (Å²) in [5, 5.41) is 0. The number of halogens is 2. The van der Waals surface area contributed by atoms with E-state index >= 15 is 0 Å². The van der Waals surface area contributed by atoms with Gasteiger partial charge in [-0.2, -0.15) is 12.7 Å². The quantitative estimate of drug-likeness (QED) is 0.730. The molecule has 4 rings (SSSR count). The zero-order valence-electron chi connectivity index (χ0n) is 15.5. The number of para-hydroxylation sites is 2. The van der Waals surface area contributed by atoms with Crippen molar-refractivity contribution in [2.24, 2.45) is 0 Å². The highest BCUT2D eigenvalue weighted by Gasteiger charge is 2.44. The van der Waals surface area contributed by atoms with Crippen molar-refractivity contribution in [2.45, 2.75) is 23.8 Å². The van der Waals surface area contributed by atoms with Crippen molar-refractivity contribution < 1.29 is 25.6 Å². The fourth-order valence-electron chi connectivity index (χ4n) is 3.86. The van der Waals surface area contributed by atoms with Gasteiger partial charge in [0.25, 0.3) is 0 Å². The Morgan fingerprint density at radius 3 is 2.07 bits per heavy atom. The molecule has 7 nitrogen and oxygen atoms in total. The first-order valence-corrected chi connectivity index (χ1v) is 11.8. The number of hydrogen-bond donors (Lipinski definition) is 0. The Bertz CT molecular complexity index is 1140. The Balaban J connectivity index is 1.59. The van der Waals surface area contributed by atoms with Crippen molar-refractivity contribution in [3.8, 4) is 0 Å². The molecule has 0 amide bonds. The van der Waals surface area contributed by atoms with Crippen LogP contribution in [0.15, 0.2) is 47.4 Å². The molecule has 0 atom stereocenters. The largest absolute Gasteiger partial charge is 0.326 e. The molecule has 29 heavy (non-hydrogen) atoms. The van der Waals surface area contributed by atoms with Gasteiger partial charge in [0.2, 0.25) is 10.0 Å². The van der Waals surface area contributed by atoms with Gasteiger partial charge in [-0.05, 0) is 37.1 Å². The SMILES string of the molecule is CN1c2ccccc2N(C2CCN(S(=O)(=O)c3c(F)cccc3F)CC2)S1(=O)=O. The van der Waals surface area contributed by atoms with Crippen LogP contribution in [0.5, 0.6) is 0 Å². The Labute approximate surface area is 168 Å². The Morgan fingerprint density at radius 1 is 0.931 bits per heavy atom. The van der Waals surface area contributed by atoms with E-state index in [0.717, 1.165) is 22.5 Å². The molecule has 2 aliphatic heterocycles. The molecule has 2 aromatic carbocycles. The first-order valence-electron chi connectivity index (χ1n) is 8.97. The van der Waals surface area contributed by atoms with E-state index in [1.54, 1.807) is 24.3 Å². The molecule has 0 bridgehead atoms. The van der Waals surface area contributed by atoms with Gasteiger partial charge >= 0.3 is 10.2 Å². The molecule has 2 aromatic rings. The predicted octanol–water partition coefficient (Wildman–Crippen LogP) is 2.32. The molecule has 1 fully saturated rings. The predicted molar refractivity (Wildman–Crippen MR) is 104 cm³/mol. The van der Waals surface area contributed by atoms with Crippen LogP contribution in [0.4, 0.5) is 20.2 Å². The molecule has 0 saturated carbocycles. The summed E-state index contributed by atoms with van der Waals surface area (Å²) in [5.74, 6) is -2.30. The van der Waals surface area contributed by atoms with Crippen LogP contribution in [0.25, 0.3) is 0 Å². The van der Waals surface area contributed by atoms with E-state index in [1.165, 1.54) is 15.7 Å². The number of anilines is 2. The zero-order chi connectivity index (χ0) is 21.0. The third-order valence-electron chi connectivity index (χ3n) is 5.32. The minimum atomic E-state index is -4.37. The van der Waals surface area contributed by atoms with Gasteiger partial charge in [0.15, 0.2) is 4.90 Å². The number of piperidine rings is 1. The fourth-order valence-corrected chi connectivity index (χ4v) is 7.09. The average molecular weight is 443 g/mol. The second-order valence-electron chi connectivity index (χ2n) is 6.95. The molecule has 156 valence electrons. The molecule has 11 heteroatoms. The van der Waals surface area contributed by atoms with Crippen LogP contribution < -0.4 is 8.61 Å². The third-order valence-corrected chi connectivity index (χ3v) is 9.16. The van der Waals surface area contributed by atoms with E-state index in [1.807, 2.05) is 0 Å². The number of hydrogen-bond acceptors (Lipinski definition) is 4. The van der Waals surface area contributed by atoms with E-state index in [9.17, 15) is 25.6 Å². The Kier molecular flexibility index (Phi) is 4.79. The van der Waals surface area contributed by atoms with Gasteiger partial charge in [0.1, 0.15) is 11.6 Å². The molecule has 0 radical (unpaired) electrons. The van der Waals surface area contributed by atoms with Gasteiger partial charge in [-0.1, -0.05) is 18.2 Å². The Hall–Kier alpha value is -2.24. The van der Waals surface area contributed by atoms with E-state index in [0.29, 0.717) is 11.4 Å². The number of fused-ring (bicyclic) bond motifs is 1. The Morgan fingerprint density at radius 2 is 1.48 bits per heavy atom. The van der Waals surface area contributed by atoms with Crippen molar-refractivity contribution in [1.29, 1.82) is 0 Å². The first-order chi connectivity index (χ1) is 13.7. The van der Waals surface area contributed by atoms with Crippen LogP contribution in [0.3, 0.4) is 0 Å². The number of rotatable bonds is 3. The zero-order valence-corrected chi connectivity index (χ0v) is 17.1. The highest BCUT2D eigenvalue weighted by molar-refractivity contribution is 7.94. The van der Waals surface area contributed by atoms with Crippen molar-refractivity contribution >= 4 is 31.6 Å². The molecule has 0 N–H and O–H groups in total. The van der Waals surface area contributed by atoms with Crippen molar-refractivity contribution in [3.63, 3.8) is 0 Å². The smallest absolute Gasteiger partial charge is 0.254 e. The maximum Gasteiger partial charge on any atom is 0.326 e. The summed E-state index contributed by atoms with van der Waals surface area (Å²) in [7, 11) is -6.66. The molecule has 0 aromatic heterocycles. The average Bonchev–Trinajstić information content (AvgIpc) is 2.88. The van der Waals surface area contributed by atoms with Crippen LogP contribution in [0.1, 0.15) is 12.8 Å². The summed E-state index contributed by atoms with van der Waals surface area (Å²) in [6, 6.07) is 9.32. The molecule has 2 aliphatic rings. The molecular weight excluding hydrogens is 424 g/mol. The van der Waals surface area contributed by atoms with E-state index in [2.05, 4.69) is 0 Å². The maximum absolute atomic E-state index is 14.0. The molecule has 0 unspecified atom stereocenters. The standard InChI is InChI=1S/C18H19F2N3O4S2/c1-21-16-7-2-3-8-17(16)23(29(21,26)27)13-9-11-22(12-10-13)28(24,25)18-14(19)5-4-6-15(18)20/h2-8,13H,9-12H2,1H3. The van der Waals surface area contributed by atoms with E-state index < -0.39 is 42.8 Å². The lowest BCUT2D eigenvalue weighted by Crippen LogP contribution is -2.49. The summed E-state index contributed by atoms with van der Waals surface area (Å²) >= 11 is 0. The number of nitrogens with zero attached hydrogens (tertiary/aromatic N) is 3.